The van der Waals surface area contributed by atoms with Crippen LogP contribution in [0.1, 0.15) is 137 Å². The van der Waals surface area contributed by atoms with Crippen LogP contribution in [0.3, 0.4) is 0 Å². The number of carbonyl (C=O) groups is 3. The lowest BCUT2D eigenvalue weighted by Crippen LogP contribution is -2.28. The highest BCUT2D eigenvalue weighted by molar-refractivity contribution is 5.95. The van der Waals surface area contributed by atoms with Gasteiger partial charge in [0.2, 0.25) is 0 Å². The number of hydrogen-bond acceptors (Lipinski definition) is 6. The van der Waals surface area contributed by atoms with Crippen molar-refractivity contribution >= 4 is 17.9 Å². The molecule has 0 unspecified atom stereocenters. The first-order valence-electron chi connectivity index (χ1n) is 16.9. The minimum absolute atomic E-state index is 0.112. The number of carboxylic acid groups (broad SMARTS) is 3. The van der Waals surface area contributed by atoms with Crippen LogP contribution in [0.25, 0.3) is 0 Å². The molecule has 262 valence electrons. The molecule has 0 spiro atoms. The van der Waals surface area contributed by atoms with Crippen LogP contribution in [0.15, 0.2) is 72.8 Å². The number of aryl methyl sites for hydroxylation is 5. The molecule has 4 aromatic rings. The summed E-state index contributed by atoms with van der Waals surface area (Å²) in [6.45, 7) is 25.8. The molecule has 4 aromatic carbocycles. The number of benzene rings is 4. The molecule has 0 aromatic heterocycles. The van der Waals surface area contributed by atoms with Gasteiger partial charge in [0.1, 0.15) is 0 Å². The van der Waals surface area contributed by atoms with E-state index in [2.05, 4.69) is 32.0 Å². The Morgan fingerprint density at radius 2 is 0.812 bits per heavy atom. The zero-order valence-electron chi connectivity index (χ0n) is 31.3. The van der Waals surface area contributed by atoms with Crippen LogP contribution in [-0.4, -0.2) is 17.9 Å². The van der Waals surface area contributed by atoms with E-state index in [1.54, 1.807) is 13.0 Å². The predicted molar refractivity (Wildman–Crippen MR) is 193 cm³/mol. The normalized spacial score (nSPS) is 9.19. The van der Waals surface area contributed by atoms with Crippen LogP contribution < -0.4 is 15.3 Å². The average molecular weight is 656 g/mol. The summed E-state index contributed by atoms with van der Waals surface area (Å²) in [5.74, 6) is -3.89. The molecule has 0 bridgehead atoms. The summed E-state index contributed by atoms with van der Waals surface area (Å²) in [5, 5.41) is 33.5. The number of rotatable bonds is 7. The second-order valence-electron chi connectivity index (χ2n) is 9.99. The molecule has 0 heterocycles. The molecule has 0 aliphatic carbocycles. The Balaban J connectivity index is 0. The maximum Gasteiger partial charge on any atom is 0.0718 e. The van der Waals surface area contributed by atoms with Crippen molar-refractivity contribution in [1.29, 1.82) is 0 Å². The van der Waals surface area contributed by atoms with E-state index < -0.39 is 17.9 Å². The van der Waals surface area contributed by atoms with Crippen molar-refractivity contribution in [3.05, 3.63) is 140 Å². The second-order valence-corrected chi connectivity index (χ2v) is 9.99. The molecule has 0 saturated carbocycles. The minimum Gasteiger partial charge on any atom is -0.545 e. The van der Waals surface area contributed by atoms with Gasteiger partial charge in [-0.15, -0.1) is 0 Å². The third-order valence-electron chi connectivity index (χ3n) is 7.12. The van der Waals surface area contributed by atoms with Crippen molar-refractivity contribution in [2.75, 3.05) is 0 Å². The standard InChI is InChI=1S/C17H16O4.C17H18O2.4C2H6/c1-10-5-3-6-11(2)14(10)9-15-12(16(18)19)7-4-8-13(15)17(20)21;1-11-4-6-14(8-13(11)3)9-15-7-5-12(2)16(10-15)17(18)19;4*1-2/h3-8H,9H2,1-2H3,(H,18,19)(H,20,21);4-8,10H,9H2,1-3H3,(H,18,19);4*1-2H3/p-3. The van der Waals surface area contributed by atoms with Crippen molar-refractivity contribution in [1.82, 2.24) is 0 Å². The first-order chi connectivity index (χ1) is 22.9. The zero-order chi connectivity index (χ0) is 37.6. The molecule has 4 rings (SSSR count). The number of carboxylic acids is 3. The Labute approximate surface area is 289 Å². The van der Waals surface area contributed by atoms with Crippen LogP contribution in [0.4, 0.5) is 0 Å². The molecule has 0 aliphatic rings. The fourth-order valence-electron chi connectivity index (χ4n) is 4.61. The van der Waals surface area contributed by atoms with Gasteiger partial charge >= 0.3 is 0 Å². The van der Waals surface area contributed by atoms with Crippen LogP contribution in [-0.2, 0) is 12.8 Å². The molecule has 6 heteroatoms. The van der Waals surface area contributed by atoms with E-state index in [1.807, 2.05) is 99.6 Å². The van der Waals surface area contributed by atoms with E-state index in [0.29, 0.717) is 0 Å². The van der Waals surface area contributed by atoms with Gasteiger partial charge in [0.15, 0.2) is 0 Å². The van der Waals surface area contributed by atoms with E-state index in [-0.39, 0.29) is 28.7 Å². The summed E-state index contributed by atoms with van der Waals surface area (Å²) >= 11 is 0. The zero-order valence-corrected chi connectivity index (χ0v) is 31.3. The first kappa shape index (κ1) is 45.4. The molecular formula is C42H55O6-3. The van der Waals surface area contributed by atoms with Crippen LogP contribution in [0.5, 0.6) is 0 Å². The lowest BCUT2D eigenvalue weighted by Gasteiger charge is -2.18. The highest BCUT2D eigenvalue weighted by Gasteiger charge is 2.13. The lowest BCUT2D eigenvalue weighted by molar-refractivity contribution is -0.256. The molecule has 0 atom stereocenters. The first-order valence-corrected chi connectivity index (χ1v) is 16.9. The Bertz CT molecular complexity index is 1530. The monoisotopic (exact) mass is 655 g/mol. The fraction of sp³-hybridized carbons (Fsp3) is 0.357. The molecular weight excluding hydrogens is 600 g/mol. The van der Waals surface area contributed by atoms with E-state index in [4.69, 9.17) is 0 Å². The van der Waals surface area contributed by atoms with Gasteiger partial charge in [-0.05, 0) is 104 Å². The Hall–Kier alpha value is -4.71. The van der Waals surface area contributed by atoms with Crippen molar-refractivity contribution in [3.8, 4) is 0 Å². The molecule has 0 N–H and O–H groups in total. The summed E-state index contributed by atoms with van der Waals surface area (Å²) in [6, 6.07) is 21.6. The molecule has 0 aliphatic heterocycles. The quantitative estimate of drug-likeness (QED) is 0.206. The lowest BCUT2D eigenvalue weighted by atomic mass is 9.90. The summed E-state index contributed by atoms with van der Waals surface area (Å²) in [4.78, 5) is 33.5. The maximum atomic E-state index is 11.2. The van der Waals surface area contributed by atoms with E-state index in [1.165, 1.54) is 34.9 Å². The highest BCUT2D eigenvalue weighted by atomic mass is 16.4. The van der Waals surface area contributed by atoms with Crippen molar-refractivity contribution in [3.63, 3.8) is 0 Å². The van der Waals surface area contributed by atoms with Crippen molar-refractivity contribution in [2.24, 2.45) is 0 Å². The number of carbonyl (C=O) groups excluding carboxylic acids is 3. The fourth-order valence-corrected chi connectivity index (χ4v) is 4.61. The maximum absolute atomic E-state index is 11.2. The summed E-state index contributed by atoms with van der Waals surface area (Å²) in [6.07, 6.45) is 0.952. The van der Waals surface area contributed by atoms with Gasteiger partial charge in [0.05, 0.1) is 17.9 Å². The number of hydrogen-bond donors (Lipinski definition) is 0. The molecule has 0 radical (unpaired) electrons. The summed E-state index contributed by atoms with van der Waals surface area (Å²) in [7, 11) is 0. The average Bonchev–Trinajstić information content (AvgIpc) is 3.09. The van der Waals surface area contributed by atoms with Gasteiger partial charge in [-0.2, -0.15) is 0 Å². The molecule has 0 saturated heterocycles. The molecule has 0 amide bonds. The summed E-state index contributed by atoms with van der Waals surface area (Å²) in [5.41, 5.74) is 8.59. The van der Waals surface area contributed by atoms with E-state index >= 15 is 0 Å². The van der Waals surface area contributed by atoms with Gasteiger partial charge in [-0.25, -0.2) is 0 Å². The van der Waals surface area contributed by atoms with Gasteiger partial charge in [0.25, 0.3) is 0 Å². The molecule has 0 fully saturated rings. The third kappa shape index (κ3) is 14.0. The predicted octanol–water partition coefficient (Wildman–Crippen LogP) is 7.29. The Kier molecular flexibility index (Phi) is 23.1. The third-order valence-corrected chi connectivity index (χ3v) is 7.12. The highest BCUT2D eigenvalue weighted by Crippen LogP contribution is 2.23. The van der Waals surface area contributed by atoms with E-state index in [0.717, 1.165) is 34.2 Å². The molecule has 48 heavy (non-hydrogen) atoms. The SMILES string of the molecule is CC.CC.CC.CC.Cc1ccc(Cc2ccc(C)c(C(=O)[O-])c2)cc1C.Cc1cccc(C)c1Cc1c(C(=O)[O-])cccc1C(=O)[O-]. The van der Waals surface area contributed by atoms with Gasteiger partial charge in [-0.3, -0.25) is 0 Å². The smallest absolute Gasteiger partial charge is 0.0718 e. The van der Waals surface area contributed by atoms with Crippen molar-refractivity contribution < 1.29 is 29.7 Å². The Morgan fingerprint density at radius 3 is 1.23 bits per heavy atom. The second kappa shape index (κ2) is 24.5. The van der Waals surface area contributed by atoms with Gasteiger partial charge < -0.3 is 29.7 Å². The van der Waals surface area contributed by atoms with Gasteiger partial charge in [0, 0.05) is 16.7 Å². The number of aromatic carboxylic acids is 3. The van der Waals surface area contributed by atoms with Crippen LogP contribution >= 0.6 is 0 Å². The summed E-state index contributed by atoms with van der Waals surface area (Å²) < 4.78 is 0. The van der Waals surface area contributed by atoms with E-state index in [9.17, 15) is 29.7 Å². The van der Waals surface area contributed by atoms with Crippen molar-refractivity contribution in [2.45, 2.75) is 103 Å². The molecule has 6 nitrogen and oxygen atoms in total. The topological polar surface area (TPSA) is 120 Å². The van der Waals surface area contributed by atoms with Crippen LogP contribution in [0, 0.1) is 34.6 Å². The minimum atomic E-state index is -1.39. The van der Waals surface area contributed by atoms with Gasteiger partial charge in [-0.1, -0.05) is 122 Å². The Morgan fingerprint density at radius 1 is 0.417 bits per heavy atom. The van der Waals surface area contributed by atoms with Crippen LogP contribution in [0.2, 0.25) is 0 Å². The largest absolute Gasteiger partial charge is 0.545 e.